The molecule has 24 heavy (non-hydrogen) atoms. The van der Waals surface area contributed by atoms with Gasteiger partial charge in [-0.3, -0.25) is 4.79 Å². The molecule has 1 unspecified atom stereocenters. The van der Waals surface area contributed by atoms with Crippen molar-refractivity contribution in [3.8, 4) is 11.5 Å². The fourth-order valence-electron chi connectivity index (χ4n) is 2.42. The van der Waals surface area contributed by atoms with Crippen LogP contribution >= 0.6 is 0 Å². The van der Waals surface area contributed by atoms with Gasteiger partial charge in [0.1, 0.15) is 29.2 Å². The minimum Gasteiger partial charge on any atom is -0.508 e. The number of aromatic hydroxyl groups is 1. The minimum atomic E-state index is -0.419. The van der Waals surface area contributed by atoms with Gasteiger partial charge in [0.05, 0.1) is 0 Å². The summed E-state index contributed by atoms with van der Waals surface area (Å²) in [5.41, 5.74) is 0.830. The molecule has 0 aliphatic rings. The lowest BCUT2D eigenvalue weighted by Crippen LogP contribution is -2.13. The SMILES string of the molecule is CC(=O)CCCC(=O)CC(Oc1ccccc1)c1ccc(O)cc1. The molecule has 0 aliphatic heterocycles. The highest BCUT2D eigenvalue weighted by Crippen LogP contribution is 2.27. The average Bonchev–Trinajstić information content (AvgIpc) is 2.55. The molecule has 0 saturated carbocycles. The Balaban J connectivity index is 2.06. The summed E-state index contributed by atoms with van der Waals surface area (Å²) < 4.78 is 5.97. The molecule has 1 N–H and O–H groups in total. The van der Waals surface area contributed by atoms with Crippen molar-refractivity contribution in [2.75, 3.05) is 0 Å². The van der Waals surface area contributed by atoms with Crippen molar-refractivity contribution < 1.29 is 19.4 Å². The number of carbonyl (C=O) groups is 2. The third-order valence-corrected chi connectivity index (χ3v) is 3.68. The van der Waals surface area contributed by atoms with E-state index in [1.807, 2.05) is 30.3 Å². The Morgan fingerprint density at radius 1 is 1.00 bits per heavy atom. The Kier molecular flexibility index (Phi) is 6.55. The maximum absolute atomic E-state index is 12.2. The molecule has 2 aromatic carbocycles. The van der Waals surface area contributed by atoms with Gasteiger partial charge in [-0.25, -0.2) is 0 Å². The minimum absolute atomic E-state index is 0.0604. The summed E-state index contributed by atoms with van der Waals surface area (Å²) in [7, 11) is 0. The molecule has 0 bridgehead atoms. The monoisotopic (exact) mass is 326 g/mol. The molecule has 0 saturated heterocycles. The number of carbonyl (C=O) groups excluding carboxylic acids is 2. The number of benzene rings is 2. The Bertz CT molecular complexity index is 662. The highest BCUT2D eigenvalue weighted by Gasteiger charge is 2.18. The molecule has 4 heteroatoms. The van der Waals surface area contributed by atoms with Crippen LogP contribution in [0.5, 0.6) is 11.5 Å². The molecular formula is C20H22O4. The topological polar surface area (TPSA) is 63.6 Å². The largest absolute Gasteiger partial charge is 0.508 e. The lowest BCUT2D eigenvalue weighted by atomic mass is 10.0. The van der Waals surface area contributed by atoms with Gasteiger partial charge in [-0.1, -0.05) is 30.3 Å². The van der Waals surface area contributed by atoms with Gasteiger partial charge >= 0.3 is 0 Å². The van der Waals surface area contributed by atoms with E-state index in [-0.39, 0.29) is 23.7 Å². The van der Waals surface area contributed by atoms with Crippen LogP contribution in [0, 0.1) is 0 Å². The Labute approximate surface area is 142 Å². The first kappa shape index (κ1) is 17.7. The van der Waals surface area contributed by atoms with Gasteiger partial charge in [0, 0.05) is 19.3 Å². The molecule has 0 heterocycles. The van der Waals surface area contributed by atoms with Crippen molar-refractivity contribution in [1.29, 1.82) is 0 Å². The summed E-state index contributed by atoms with van der Waals surface area (Å²) >= 11 is 0. The number of phenolic OH excluding ortho intramolecular Hbond substituents is 1. The van der Waals surface area contributed by atoms with E-state index in [0.29, 0.717) is 25.0 Å². The summed E-state index contributed by atoms with van der Waals surface area (Å²) in [6.45, 7) is 1.53. The van der Waals surface area contributed by atoms with Gasteiger partial charge < -0.3 is 14.6 Å². The zero-order valence-electron chi connectivity index (χ0n) is 13.8. The van der Waals surface area contributed by atoms with E-state index < -0.39 is 6.10 Å². The van der Waals surface area contributed by atoms with Crippen molar-refractivity contribution >= 4 is 11.6 Å². The highest BCUT2D eigenvalue weighted by molar-refractivity contribution is 5.80. The van der Waals surface area contributed by atoms with E-state index in [0.717, 1.165) is 5.56 Å². The summed E-state index contributed by atoms with van der Waals surface area (Å²) in [6, 6.07) is 16.0. The third-order valence-electron chi connectivity index (χ3n) is 3.68. The molecule has 0 radical (unpaired) electrons. The Morgan fingerprint density at radius 3 is 2.29 bits per heavy atom. The lowest BCUT2D eigenvalue weighted by Gasteiger charge is -2.19. The van der Waals surface area contributed by atoms with Crippen molar-refractivity contribution in [2.24, 2.45) is 0 Å². The molecule has 0 amide bonds. The highest BCUT2D eigenvalue weighted by atomic mass is 16.5. The number of ether oxygens (including phenoxy) is 1. The van der Waals surface area contributed by atoms with Gasteiger partial charge in [-0.15, -0.1) is 0 Å². The molecule has 2 aromatic rings. The third kappa shape index (κ3) is 5.88. The van der Waals surface area contributed by atoms with Crippen molar-refractivity contribution in [3.63, 3.8) is 0 Å². The van der Waals surface area contributed by atoms with Crippen LogP contribution < -0.4 is 4.74 Å². The van der Waals surface area contributed by atoms with Crippen LogP contribution in [0.1, 0.15) is 44.3 Å². The van der Waals surface area contributed by atoms with Gasteiger partial charge in [-0.2, -0.15) is 0 Å². The zero-order valence-corrected chi connectivity index (χ0v) is 13.8. The first-order valence-electron chi connectivity index (χ1n) is 8.06. The predicted molar refractivity (Wildman–Crippen MR) is 92.1 cm³/mol. The second kappa shape index (κ2) is 8.87. The number of hydrogen-bond donors (Lipinski definition) is 1. The Hall–Kier alpha value is -2.62. The van der Waals surface area contributed by atoms with E-state index in [1.165, 1.54) is 6.92 Å². The van der Waals surface area contributed by atoms with Crippen LogP contribution in [0.4, 0.5) is 0 Å². The molecular weight excluding hydrogens is 304 g/mol. The van der Waals surface area contributed by atoms with E-state index in [9.17, 15) is 14.7 Å². The van der Waals surface area contributed by atoms with E-state index in [4.69, 9.17) is 4.74 Å². The number of hydrogen-bond acceptors (Lipinski definition) is 4. The van der Waals surface area contributed by atoms with Crippen LogP contribution in [-0.4, -0.2) is 16.7 Å². The number of ketones is 2. The predicted octanol–water partition coefficient (Wildman–Crippen LogP) is 4.23. The molecule has 4 nitrogen and oxygen atoms in total. The van der Waals surface area contributed by atoms with E-state index in [2.05, 4.69) is 0 Å². The second-order valence-electron chi connectivity index (χ2n) is 5.81. The van der Waals surface area contributed by atoms with Crippen LogP contribution in [0.25, 0.3) is 0 Å². The Morgan fingerprint density at radius 2 is 1.67 bits per heavy atom. The lowest BCUT2D eigenvalue weighted by molar-refractivity contribution is -0.121. The summed E-state index contributed by atoms with van der Waals surface area (Å²) in [6.07, 6.45) is 1.18. The number of Topliss-reactive ketones (excluding diaryl/α,β-unsaturated/α-hetero) is 2. The summed E-state index contributed by atoms with van der Waals surface area (Å²) in [4.78, 5) is 23.2. The van der Waals surface area contributed by atoms with Crippen molar-refractivity contribution in [2.45, 2.75) is 38.7 Å². The van der Waals surface area contributed by atoms with Gasteiger partial charge in [0.15, 0.2) is 0 Å². The number of para-hydroxylation sites is 1. The normalized spacial score (nSPS) is 11.7. The summed E-state index contributed by atoms with van der Waals surface area (Å²) in [5, 5.41) is 9.44. The number of rotatable bonds is 9. The standard InChI is InChI=1S/C20H22O4/c1-15(21)6-5-7-18(23)14-20(16-10-12-17(22)13-11-16)24-19-8-3-2-4-9-19/h2-4,8-13,20,22H,5-7,14H2,1H3. The van der Waals surface area contributed by atoms with Crippen molar-refractivity contribution in [3.05, 3.63) is 60.2 Å². The van der Waals surface area contributed by atoms with Crippen LogP contribution in [0.15, 0.2) is 54.6 Å². The van der Waals surface area contributed by atoms with Gasteiger partial charge in [0.25, 0.3) is 0 Å². The maximum Gasteiger partial charge on any atom is 0.136 e. The first-order valence-corrected chi connectivity index (χ1v) is 8.06. The molecule has 2 rings (SSSR count). The molecule has 0 fully saturated rings. The van der Waals surface area contributed by atoms with E-state index >= 15 is 0 Å². The fraction of sp³-hybridized carbons (Fsp3) is 0.300. The zero-order chi connectivity index (χ0) is 17.4. The number of phenols is 1. The fourth-order valence-corrected chi connectivity index (χ4v) is 2.42. The molecule has 1 atom stereocenters. The summed E-state index contributed by atoms with van der Waals surface area (Å²) in [5.74, 6) is 1.01. The molecule has 126 valence electrons. The average molecular weight is 326 g/mol. The van der Waals surface area contributed by atoms with Gasteiger partial charge in [-0.05, 0) is 43.2 Å². The molecule has 0 spiro atoms. The maximum atomic E-state index is 12.2. The van der Waals surface area contributed by atoms with Crippen LogP contribution in [-0.2, 0) is 9.59 Å². The quantitative estimate of drug-likeness (QED) is 0.749. The molecule has 0 aromatic heterocycles. The second-order valence-corrected chi connectivity index (χ2v) is 5.81. The van der Waals surface area contributed by atoms with E-state index in [1.54, 1.807) is 24.3 Å². The smallest absolute Gasteiger partial charge is 0.136 e. The van der Waals surface area contributed by atoms with Crippen LogP contribution in [0.2, 0.25) is 0 Å². The molecule has 0 aliphatic carbocycles. The van der Waals surface area contributed by atoms with Crippen LogP contribution in [0.3, 0.4) is 0 Å². The first-order chi connectivity index (χ1) is 11.5. The van der Waals surface area contributed by atoms with Crippen molar-refractivity contribution in [1.82, 2.24) is 0 Å². The van der Waals surface area contributed by atoms with Gasteiger partial charge in [0.2, 0.25) is 0 Å².